The summed E-state index contributed by atoms with van der Waals surface area (Å²) in [4.78, 5) is 0.512. The van der Waals surface area contributed by atoms with Crippen LogP contribution < -0.4 is 5.32 Å². The smallest absolute Gasteiger partial charge is 0.206 e. The van der Waals surface area contributed by atoms with Gasteiger partial charge in [-0.1, -0.05) is 0 Å². The molecule has 2 aliphatic heterocycles. The number of nitrogens with one attached hydrogen (secondary N) is 1. The molecule has 1 fully saturated rings. The number of nitrogens with zero attached hydrogens (tertiary/aromatic N) is 2. The molecule has 3 aromatic rings. The molecular weight excluding hydrogens is 394 g/mol. The molecular formula is C21H20ClN3O2S. The predicted molar refractivity (Wildman–Crippen MR) is 109 cm³/mol. The minimum Gasteiger partial charge on any atom is -0.347 e. The normalized spacial score (nSPS) is 20.4. The number of halogens is 1. The van der Waals surface area contributed by atoms with Gasteiger partial charge in [0.15, 0.2) is 0 Å². The largest absolute Gasteiger partial charge is 0.347 e. The highest BCUT2D eigenvalue weighted by atomic mass is 35.5. The minimum atomic E-state index is -3.63. The van der Waals surface area contributed by atoms with Gasteiger partial charge in [-0.3, -0.25) is 0 Å². The highest BCUT2D eigenvalue weighted by molar-refractivity contribution is 7.91. The van der Waals surface area contributed by atoms with Gasteiger partial charge in [-0.15, -0.1) is 12.4 Å². The maximum Gasteiger partial charge on any atom is 0.206 e. The Morgan fingerprint density at radius 3 is 2.54 bits per heavy atom. The number of hydrogen-bond acceptors (Lipinski definition) is 4. The number of sulfone groups is 1. The van der Waals surface area contributed by atoms with E-state index in [4.69, 9.17) is 5.26 Å². The number of fused-ring (bicyclic) bond motifs is 6. The Hall–Kier alpha value is -2.33. The van der Waals surface area contributed by atoms with Crippen molar-refractivity contribution in [2.75, 3.05) is 0 Å². The SMILES string of the molecule is Cl.Cn1c2c(c3cc(S(=O)(=O)c4ccc(C#N)cc4)ccc31)C1CCC(C2)N1. The average Bonchev–Trinajstić information content (AvgIpc) is 3.20. The van der Waals surface area contributed by atoms with Crippen LogP contribution in [0.25, 0.3) is 10.9 Å². The summed E-state index contributed by atoms with van der Waals surface area (Å²) in [5, 5.41) is 13.6. The molecule has 28 heavy (non-hydrogen) atoms. The molecule has 0 saturated carbocycles. The third-order valence-electron chi connectivity index (χ3n) is 5.97. The third-order valence-corrected chi connectivity index (χ3v) is 7.74. The van der Waals surface area contributed by atoms with Crippen molar-refractivity contribution in [1.82, 2.24) is 9.88 Å². The number of nitriles is 1. The fraction of sp³-hybridized carbons (Fsp3) is 0.286. The number of aromatic nitrogens is 1. The van der Waals surface area contributed by atoms with Gasteiger partial charge in [0, 0.05) is 42.1 Å². The molecule has 1 aromatic heterocycles. The van der Waals surface area contributed by atoms with Crippen LogP contribution in [0.5, 0.6) is 0 Å². The summed E-state index contributed by atoms with van der Waals surface area (Å²) >= 11 is 0. The van der Waals surface area contributed by atoms with Crippen LogP contribution in [-0.4, -0.2) is 19.0 Å². The molecule has 0 spiro atoms. The predicted octanol–water partition coefficient (Wildman–Crippen LogP) is 3.65. The second-order valence-electron chi connectivity index (χ2n) is 7.44. The molecule has 0 aliphatic carbocycles. The average molecular weight is 414 g/mol. The Bertz CT molecular complexity index is 1220. The van der Waals surface area contributed by atoms with Crippen molar-refractivity contribution in [3.05, 3.63) is 59.3 Å². The zero-order valence-corrected chi connectivity index (χ0v) is 17.0. The van der Waals surface area contributed by atoms with Gasteiger partial charge in [0.25, 0.3) is 0 Å². The van der Waals surface area contributed by atoms with E-state index in [0.717, 1.165) is 23.7 Å². The lowest BCUT2D eigenvalue weighted by atomic mass is 9.99. The molecule has 2 aliphatic rings. The lowest BCUT2D eigenvalue weighted by Gasteiger charge is -2.23. The fourth-order valence-electron chi connectivity index (χ4n) is 4.59. The zero-order chi connectivity index (χ0) is 18.8. The standard InChI is InChI=1S/C21H19N3O2S.ClH/c1-24-19-9-7-16(27(25,26)15-5-2-13(12-22)3-6-15)11-17(19)21-18-8-4-14(23-18)10-20(21)24;/h2-3,5-7,9,11,14,18,23H,4,8,10H2,1H3;1H. The Morgan fingerprint density at radius 1 is 1.11 bits per heavy atom. The molecule has 0 amide bonds. The highest BCUT2D eigenvalue weighted by Gasteiger charge is 2.36. The molecule has 2 atom stereocenters. The monoisotopic (exact) mass is 413 g/mol. The Labute approximate surface area is 170 Å². The van der Waals surface area contributed by atoms with Gasteiger partial charge >= 0.3 is 0 Å². The third kappa shape index (κ3) is 2.66. The first-order valence-corrected chi connectivity index (χ1v) is 10.6. The van der Waals surface area contributed by atoms with Gasteiger partial charge in [0.05, 0.1) is 21.4 Å². The Balaban J connectivity index is 0.00000192. The second kappa shape index (κ2) is 6.63. The Morgan fingerprint density at radius 2 is 1.82 bits per heavy atom. The maximum atomic E-state index is 13.1. The lowest BCUT2D eigenvalue weighted by Crippen LogP contribution is -2.32. The summed E-state index contributed by atoms with van der Waals surface area (Å²) in [6.07, 6.45) is 3.27. The second-order valence-corrected chi connectivity index (χ2v) is 9.39. The van der Waals surface area contributed by atoms with E-state index in [1.165, 1.54) is 29.8 Å². The number of benzene rings is 2. The van der Waals surface area contributed by atoms with E-state index in [1.54, 1.807) is 18.2 Å². The summed E-state index contributed by atoms with van der Waals surface area (Å²) in [5.41, 5.74) is 4.11. The van der Waals surface area contributed by atoms with E-state index in [2.05, 4.69) is 16.9 Å². The highest BCUT2D eigenvalue weighted by Crippen LogP contribution is 2.42. The summed E-state index contributed by atoms with van der Waals surface area (Å²) in [5.74, 6) is 0. The first-order chi connectivity index (χ1) is 13.0. The van der Waals surface area contributed by atoms with Crippen LogP contribution in [0, 0.1) is 11.3 Å². The van der Waals surface area contributed by atoms with Crippen molar-refractivity contribution in [2.45, 2.75) is 41.1 Å². The van der Waals surface area contributed by atoms with Gasteiger partial charge in [0.1, 0.15) is 0 Å². The molecule has 0 radical (unpaired) electrons. The van der Waals surface area contributed by atoms with Crippen LogP contribution in [0.2, 0.25) is 0 Å². The number of rotatable bonds is 2. The van der Waals surface area contributed by atoms with Crippen LogP contribution >= 0.6 is 12.4 Å². The van der Waals surface area contributed by atoms with E-state index in [1.807, 2.05) is 18.2 Å². The van der Waals surface area contributed by atoms with E-state index in [-0.39, 0.29) is 17.3 Å². The number of aryl methyl sites for hydroxylation is 1. The van der Waals surface area contributed by atoms with Gasteiger partial charge < -0.3 is 9.88 Å². The van der Waals surface area contributed by atoms with E-state index < -0.39 is 9.84 Å². The molecule has 2 bridgehead atoms. The fourth-order valence-corrected chi connectivity index (χ4v) is 5.88. The van der Waals surface area contributed by atoms with E-state index >= 15 is 0 Å². The molecule has 5 rings (SSSR count). The summed E-state index contributed by atoms with van der Waals surface area (Å²) in [6, 6.07) is 14.4. The van der Waals surface area contributed by atoms with Crippen LogP contribution in [0.4, 0.5) is 0 Å². The first kappa shape index (κ1) is 19.0. The Kier molecular flexibility index (Phi) is 4.50. The molecule has 2 unspecified atom stereocenters. The van der Waals surface area contributed by atoms with Gasteiger partial charge in [0.2, 0.25) is 9.84 Å². The molecule has 1 N–H and O–H groups in total. The molecule has 144 valence electrons. The summed E-state index contributed by atoms with van der Waals surface area (Å²) in [7, 11) is -1.56. The number of hydrogen-bond donors (Lipinski definition) is 1. The summed E-state index contributed by atoms with van der Waals surface area (Å²) < 4.78 is 28.4. The van der Waals surface area contributed by atoms with Crippen molar-refractivity contribution in [3.8, 4) is 6.07 Å². The van der Waals surface area contributed by atoms with Crippen LogP contribution in [0.3, 0.4) is 0 Å². The van der Waals surface area contributed by atoms with Gasteiger partial charge in [-0.05, 0) is 60.9 Å². The van der Waals surface area contributed by atoms with Gasteiger partial charge in [-0.2, -0.15) is 5.26 Å². The topological polar surface area (TPSA) is 74.9 Å². The van der Waals surface area contributed by atoms with Crippen LogP contribution in [-0.2, 0) is 23.3 Å². The van der Waals surface area contributed by atoms with Gasteiger partial charge in [-0.25, -0.2) is 8.42 Å². The summed E-state index contributed by atoms with van der Waals surface area (Å²) in [6.45, 7) is 0. The quantitative estimate of drug-likeness (QED) is 0.695. The zero-order valence-electron chi connectivity index (χ0n) is 15.3. The molecule has 2 aromatic carbocycles. The van der Waals surface area contributed by atoms with Crippen molar-refractivity contribution < 1.29 is 8.42 Å². The first-order valence-electron chi connectivity index (χ1n) is 9.11. The van der Waals surface area contributed by atoms with Crippen LogP contribution in [0.1, 0.15) is 35.7 Å². The lowest BCUT2D eigenvalue weighted by molar-refractivity contribution is 0.503. The van der Waals surface area contributed by atoms with E-state index in [9.17, 15) is 8.42 Å². The minimum absolute atomic E-state index is 0. The van der Waals surface area contributed by atoms with Crippen molar-refractivity contribution in [3.63, 3.8) is 0 Å². The van der Waals surface area contributed by atoms with Crippen molar-refractivity contribution >= 4 is 33.1 Å². The molecule has 5 nitrogen and oxygen atoms in total. The molecule has 3 heterocycles. The van der Waals surface area contributed by atoms with E-state index in [0.29, 0.717) is 22.5 Å². The maximum absolute atomic E-state index is 13.1. The van der Waals surface area contributed by atoms with Crippen molar-refractivity contribution in [1.29, 1.82) is 5.26 Å². The van der Waals surface area contributed by atoms with Crippen molar-refractivity contribution in [2.24, 2.45) is 7.05 Å². The molecule has 1 saturated heterocycles. The molecule has 7 heteroatoms. The van der Waals surface area contributed by atoms with Crippen LogP contribution in [0.15, 0.2) is 52.3 Å².